The molecule has 0 bridgehead atoms. The van der Waals surface area contributed by atoms with E-state index in [0.29, 0.717) is 22.8 Å². The molecule has 0 saturated heterocycles. The van der Waals surface area contributed by atoms with Crippen molar-refractivity contribution in [2.24, 2.45) is 0 Å². The van der Waals surface area contributed by atoms with E-state index in [2.05, 4.69) is 5.10 Å². The molecule has 0 fully saturated rings. The van der Waals surface area contributed by atoms with E-state index in [1.807, 2.05) is 73.7 Å². The summed E-state index contributed by atoms with van der Waals surface area (Å²) in [7, 11) is 1.62. The maximum atomic E-state index is 13.6. The second kappa shape index (κ2) is 9.07. The minimum atomic E-state index is -0.289. The van der Waals surface area contributed by atoms with Crippen molar-refractivity contribution in [1.82, 2.24) is 14.8 Å². The first-order chi connectivity index (χ1) is 16.5. The largest absolute Gasteiger partial charge is 0.497 e. The molecule has 5 rings (SSSR count). The van der Waals surface area contributed by atoms with Crippen molar-refractivity contribution in [3.05, 3.63) is 94.4 Å². The third-order valence-corrected chi connectivity index (χ3v) is 6.68. The number of amides is 1. The van der Waals surface area contributed by atoms with Crippen LogP contribution in [0.25, 0.3) is 21.0 Å². The molecule has 2 heterocycles. The van der Waals surface area contributed by atoms with Crippen LogP contribution in [0.1, 0.15) is 11.3 Å². The van der Waals surface area contributed by atoms with Gasteiger partial charge in [0, 0.05) is 5.39 Å². The molecule has 0 atom stereocenters. The van der Waals surface area contributed by atoms with Crippen molar-refractivity contribution in [3.8, 4) is 5.75 Å². The summed E-state index contributed by atoms with van der Waals surface area (Å²) < 4.78 is 7.48. The average Bonchev–Trinajstić information content (AvgIpc) is 3.29. The van der Waals surface area contributed by atoms with Crippen LogP contribution < -0.4 is 15.2 Å². The van der Waals surface area contributed by atoms with Crippen LogP contribution in [-0.2, 0) is 17.9 Å². The molecule has 170 valence electrons. The fraction of sp³-hybridized carbons (Fsp3) is 0.154. The Kier molecular flexibility index (Phi) is 5.81. The quantitative estimate of drug-likeness (QED) is 0.364. The van der Waals surface area contributed by atoms with Gasteiger partial charge in [-0.1, -0.05) is 59.9 Å². The second-order valence-corrected chi connectivity index (χ2v) is 8.90. The monoisotopic (exact) mass is 470 g/mol. The second-order valence-electron chi connectivity index (χ2n) is 7.89. The van der Waals surface area contributed by atoms with Crippen LogP contribution in [0.2, 0.25) is 0 Å². The van der Waals surface area contributed by atoms with E-state index in [0.717, 1.165) is 26.9 Å². The molecule has 5 aromatic rings. The van der Waals surface area contributed by atoms with Gasteiger partial charge in [0.2, 0.25) is 0 Å². The van der Waals surface area contributed by atoms with Gasteiger partial charge in [-0.25, -0.2) is 9.67 Å². The number of fused-ring (bicyclic) bond motifs is 2. The third kappa shape index (κ3) is 4.15. The van der Waals surface area contributed by atoms with Crippen LogP contribution in [0.5, 0.6) is 5.75 Å². The minimum absolute atomic E-state index is 0.184. The molecule has 0 aliphatic carbocycles. The fourth-order valence-electron chi connectivity index (χ4n) is 3.89. The van der Waals surface area contributed by atoms with E-state index in [4.69, 9.17) is 9.72 Å². The van der Waals surface area contributed by atoms with Crippen molar-refractivity contribution in [2.45, 2.75) is 20.0 Å². The normalized spacial score (nSPS) is 11.1. The Morgan fingerprint density at radius 3 is 2.53 bits per heavy atom. The number of rotatable bonds is 6. The first-order valence-corrected chi connectivity index (χ1v) is 11.6. The molecule has 8 heteroatoms. The van der Waals surface area contributed by atoms with E-state index < -0.39 is 0 Å². The minimum Gasteiger partial charge on any atom is -0.497 e. The zero-order chi connectivity index (χ0) is 23.7. The predicted octanol–water partition coefficient (Wildman–Crippen LogP) is 4.56. The number of carbonyl (C=O) groups excluding carboxylic acids is 1. The Morgan fingerprint density at radius 1 is 1.03 bits per heavy atom. The highest BCUT2D eigenvalue weighted by Crippen LogP contribution is 2.32. The number of aryl methyl sites for hydroxylation is 1. The molecule has 3 aromatic carbocycles. The van der Waals surface area contributed by atoms with Crippen LogP contribution in [0.15, 0.2) is 77.6 Å². The number of ether oxygens (including phenoxy) is 1. The summed E-state index contributed by atoms with van der Waals surface area (Å²) in [6.07, 6.45) is 0. The van der Waals surface area contributed by atoms with Crippen LogP contribution >= 0.6 is 11.3 Å². The van der Waals surface area contributed by atoms with Gasteiger partial charge in [0.15, 0.2) is 5.13 Å². The van der Waals surface area contributed by atoms with Gasteiger partial charge < -0.3 is 4.74 Å². The van der Waals surface area contributed by atoms with Gasteiger partial charge in [0.1, 0.15) is 12.3 Å². The zero-order valence-electron chi connectivity index (χ0n) is 18.8. The topological polar surface area (TPSA) is 77.3 Å². The van der Waals surface area contributed by atoms with Gasteiger partial charge in [-0.3, -0.25) is 14.5 Å². The van der Waals surface area contributed by atoms with Crippen molar-refractivity contribution in [2.75, 3.05) is 12.0 Å². The van der Waals surface area contributed by atoms with Crippen LogP contribution in [0.4, 0.5) is 5.13 Å². The smallest absolute Gasteiger partial charge is 0.275 e. The van der Waals surface area contributed by atoms with E-state index in [1.54, 1.807) is 18.1 Å². The van der Waals surface area contributed by atoms with E-state index in [9.17, 15) is 9.59 Å². The molecule has 0 spiro atoms. The van der Waals surface area contributed by atoms with Crippen LogP contribution in [0, 0.1) is 6.92 Å². The number of hydrogen-bond donors (Lipinski definition) is 0. The Labute approximate surface area is 199 Å². The van der Waals surface area contributed by atoms with Crippen LogP contribution in [-0.4, -0.2) is 27.8 Å². The van der Waals surface area contributed by atoms with Gasteiger partial charge in [-0.15, -0.1) is 0 Å². The van der Waals surface area contributed by atoms with Gasteiger partial charge in [-0.2, -0.15) is 5.10 Å². The van der Waals surface area contributed by atoms with Crippen molar-refractivity contribution in [1.29, 1.82) is 0 Å². The van der Waals surface area contributed by atoms with Crippen molar-refractivity contribution < 1.29 is 9.53 Å². The standard InChI is InChI=1S/C26H22N4O3S/c1-17-20-10-6-7-11-21(20)25(32)30(28-17)16-24(31)29(15-18-8-4-3-5-9-18)26-27-22-13-12-19(33-2)14-23(22)34-26/h3-14H,15-16H2,1-2H3. The Hall–Kier alpha value is -4.04. The average molecular weight is 471 g/mol. The third-order valence-electron chi connectivity index (χ3n) is 5.64. The number of anilines is 1. The Bertz CT molecular complexity index is 1560. The summed E-state index contributed by atoms with van der Waals surface area (Å²) >= 11 is 1.41. The molecule has 7 nitrogen and oxygen atoms in total. The molecule has 0 aliphatic rings. The molecule has 2 aromatic heterocycles. The van der Waals surface area contributed by atoms with Gasteiger partial charge in [0.25, 0.3) is 11.5 Å². The lowest BCUT2D eigenvalue weighted by atomic mass is 10.1. The van der Waals surface area contributed by atoms with Crippen LogP contribution in [0.3, 0.4) is 0 Å². The molecule has 0 saturated carbocycles. The van der Waals surface area contributed by atoms with E-state index in [1.165, 1.54) is 16.0 Å². The summed E-state index contributed by atoms with van der Waals surface area (Å²) in [5.74, 6) is 0.463. The summed E-state index contributed by atoms with van der Waals surface area (Å²) in [5, 5.41) is 6.31. The summed E-state index contributed by atoms with van der Waals surface area (Å²) in [6.45, 7) is 1.99. The summed E-state index contributed by atoms with van der Waals surface area (Å²) in [4.78, 5) is 32.9. The summed E-state index contributed by atoms with van der Waals surface area (Å²) in [5.41, 5.74) is 2.15. The molecule has 1 amide bonds. The lowest BCUT2D eigenvalue weighted by Gasteiger charge is -2.20. The molecule has 0 unspecified atom stereocenters. The number of hydrogen-bond acceptors (Lipinski definition) is 6. The SMILES string of the molecule is COc1ccc2nc(N(Cc3ccccc3)C(=O)Cn3nc(C)c4ccccc4c3=O)sc2c1. The molecule has 0 radical (unpaired) electrons. The Balaban J connectivity index is 1.54. The summed E-state index contributed by atoms with van der Waals surface area (Å²) in [6, 6.07) is 22.6. The molecular weight excluding hydrogens is 448 g/mol. The number of thiazole rings is 1. The zero-order valence-corrected chi connectivity index (χ0v) is 19.6. The number of methoxy groups -OCH3 is 1. The number of benzene rings is 3. The highest BCUT2D eigenvalue weighted by Gasteiger charge is 2.22. The predicted molar refractivity (Wildman–Crippen MR) is 135 cm³/mol. The molecule has 34 heavy (non-hydrogen) atoms. The molecule has 0 aliphatic heterocycles. The highest BCUT2D eigenvalue weighted by atomic mass is 32.1. The number of aromatic nitrogens is 3. The maximum Gasteiger partial charge on any atom is 0.275 e. The number of nitrogens with zero attached hydrogens (tertiary/aromatic N) is 4. The molecular formula is C26H22N4O3S. The first-order valence-electron chi connectivity index (χ1n) is 10.8. The first kappa shape index (κ1) is 21.8. The highest BCUT2D eigenvalue weighted by molar-refractivity contribution is 7.22. The Morgan fingerprint density at radius 2 is 1.76 bits per heavy atom. The van der Waals surface area contributed by atoms with Crippen molar-refractivity contribution >= 4 is 43.4 Å². The fourth-order valence-corrected chi connectivity index (χ4v) is 4.90. The van der Waals surface area contributed by atoms with E-state index in [-0.39, 0.29) is 18.0 Å². The lowest BCUT2D eigenvalue weighted by molar-refractivity contribution is -0.119. The molecule has 0 N–H and O–H groups in total. The van der Waals surface area contributed by atoms with Gasteiger partial charge in [-0.05, 0) is 36.8 Å². The maximum absolute atomic E-state index is 13.6. The van der Waals surface area contributed by atoms with Gasteiger partial charge >= 0.3 is 0 Å². The van der Waals surface area contributed by atoms with Crippen molar-refractivity contribution in [3.63, 3.8) is 0 Å². The lowest BCUT2D eigenvalue weighted by Crippen LogP contribution is -2.37. The van der Waals surface area contributed by atoms with E-state index >= 15 is 0 Å². The number of carbonyl (C=O) groups is 1. The van der Waals surface area contributed by atoms with Gasteiger partial charge in [0.05, 0.1) is 35.0 Å².